The zero-order chi connectivity index (χ0) is 17.8. The predicted molar refractivity (Wildman–Crippen MR) is 111 cm³/mol. The lowest BCUT2D eigenvalue weighted by Gasteiger charge is -2.36. The number of piperazine rings is 1. The van der Waals surface area contributed by atoms with Gasteiger partial charge in [0.25, 0.3) is 0 Å². The summed E-state index contributed by atoms with van der Waals surface area (Å²) in [4.78, 5) is 17.0. The molecule has 1 aliphatic carbocycles. The quantitative estimate of drug-likeness (QED) is 0.792. The number of rotatable bonds is 5. The van der Waals surface area contributed by atoms with Crippen molar-refractivity contribution in [3.05, 3.63) is 23.8 Å². The first-order chi connectivity index (χ1) is 12.1. The van der Waals surface area contributed by atoms with Crippen LogP contribution in [-0.2, 0) is 11.3 Å². The second-order valence-corrected chi connectivity index (χ2v) is 7.05. The molecule has 2 fully saturated rings. The molecule has 0 radical (unpaired) electrons. The van der Waals surface area contributed by atoms with E-state index in [4.69, 9.17) is 15.2 Å². The molecule has 1 aliphatic heterocycles. The van der Waals surface area contributed by atoms with Crippen molar-refractivity contribution in [3.63, 3.8) is 0 Å². The van der Waals surface area contributed by atoms with Crippen LogP contribution in [0.15, 0.2) is 18.2 Å². The Labute approximate surface area is 174 Å². The second-order valence-electron chi connectivity index (χ2n) is 7.05. The van der Waals surface area contributed by atoms with Crippen LogP contribution < -0.4 is 15.2 Å². The molecule has 0 aromatic heterocycles. The standard InChI is InChI=1S/C19H29N3O3.2ClH/c1-24-17-5-6-18(25-2)15(12-17)13-21-7-9-22(10-8-21)19(23)14-3-4-16(20)11-14;;/h5-6,12,14,16H,3-4,7-11,13,20H2,1-2H3;2*1H. The van der Waals surface area contributed by atoms with E-state index in [1.165, 1.54) is 0 Å². The van der Waals surface area contributed by atoms with Gasteiger partial charge >= 0.3 is 0 Å². The Morgan fingerprint density at radius 2 is 1.81 bits per heavy atom. The topological polar surface area (TPSA) is 68.0 Å². The maximum atomic E-state index is 12.6. The van der Waals surface area contributed by atoms with Gasteiger partial charge in [-0.25, -0.2) is 0 Å². The minimum absolute atomic E-state index is 0. The van der Waals surface area contributed by atoms with Crippen molar-refractivity contribution in [2.45, 2.75) is 31.8 Å². The molecule has 0 spiro atoms. The number of methoxy groups -OCH3 is 2. The van der Waals surface area contributed by atoms with E-state index in [1.54, 1.807) is 14.2 Å². The number of benzene rings is 1. The molecule has 2 unspecified atom stereocenters. The van der Waals surface area contributed by atoms with Crippen LogP contribution in [0.25, 0.3) is 0 Å². The summed E-state index contributed by atoms with van der Waals surface area (Å²) in [5, 5.41) is 0. The van der Waals surface area contributed by atoms with Crippen molar-refractivity contribution in [2.75, 3.05) is 40.4 Å². The van der Waals surface area contributed by atoms with Crippen LogP contribution in [0.1, 0.15) is 24.8 Å². The van der Waals surface area contributed by atoms with Gasteiger partial charge in [-0.1, -0.05) is 0 Å². The maximum Gasteiger partial charge on any atom is 0.225 e. The fraction of sp³-hybridized carbons (Fsp3) is 0.632. The van der Waals surface area contributed by atoms with E-state index in [1.807, 2.05) is 23.1 Å². The molecule has 1 heterocycles. The van der Waals surface area contributed by atoms with Crippen molar-refractivity contribution in [1.29, 1.82) is 0 Å². The van der Waals surface area contributed by atoms with Gasteiger partial charge in [0.2, 0.25) is 5.91 Å². The second kappa shape index (κ2) is 11.0. The summed E-state index contributed by atoms with van der Waals surface area (Å²) in [5.74, 6) is 2.15. The van der Waals surface area contributed by atoms with Crippen LogP contribution in [0.5, 0.6) is 11.5 Å². The zero-order valence-electron chi connectivity index (χ0n) is 16.1. The van der Waals surface area contributed by atoms with Gasteiger partial charge in [0.15, 0.2) is 0 Å². The van der Waals surface area contributed by atoms with Gasteiger partial charge < -0.3 is 20.1 Å². The van der Waals surface area contributed by atoms with Crippen LogP contribution >= 0.6 is 24.8 Å². The number of nitrogens with two attached hydrogens (primary N) is 1. The molecule has 27 heavy (non-hydrogen) atoms. The molecular formula is C19H31Cl2N3O3. The Balaban J connectivity index is 0.00000182. The van der Waals surface area contributed by atoms with Crippen LogP contribution in [0.3, 0.4) is 0 Å². The van der Waals surface area contributed by atoms with E-state index in [-0.39, 0.29) is 36.8 Å². The number of halogens is 2. The highest BCUT2D eigenvalue weighted by molar-refractivity contribution is 5.85. The van der Waals surface area contributed by atoms with Crippen molar-refractivity contribution >= 4 is 30.7 Å². The summed E-state index contributed by atoms with van der Waals surface area (Å²) >= 11 is 0. The first kappa shape index (κ1) is 23.8. The maximum absolute atomic E-state index is 12.6. The highest BCUT2D eigenvalue weighted by Gasteiger charge is 2.32. The minimum atomic E-state index is 0. The fourth-order valence-corrected chi connectivity index (χ4v) is 3.87. The fourth-order valence-electron chi connectivity index (χ4n) is 3.87. The van der Waals surface area contributed by atoms with E-state index >= 15 is 0 Å². The lowest BCUT2D eigenvalue weighted by Crippen LogP contribution is -2.49. The van der Waals surface area contributed by atoms with Gasteiger partial charge in [-0.05, 0) is 37.5 Å². The molecule has 2 N–H and O–H groups in total. The van der Waals surface area contributed by atoms with Crippen molar-refractivity contribution in [2.24, 2.45) is 11.7 Å². The van der Waals surface area contributed by atoms with Crippen LogP contribution in [0.4, 0.5) is 0 Å². The average Bonchev–Trinajstić information content (AvgIpc) is 3.08. The average molecular weight is 420 g/mol. The molecule has 154 valence electrons. The number of hydrogen-bond donors (Lipinski definition) is 1. The molecule has 3 rings (SSSR count). The zero-order valence-corrected chi connectivity index (χ0v) is 17.7. The summed E-state index contributed by atoms with van der Waals surface area (Å²) in [5.41, 5.74) is 7.06. The largest absolute Gasteiger partial charge is 0.497 e. The summed E-state index contributed by atoms with van der Waals surface area (Å²) in [6.07, 6.45) is 2.77. The third-order valence-electron chi connectivity index (χ3n) is 5.39. The Hall–Kier alpha value is -1.21. The SMILES string of the molecule is COc1ccc(OC)c(CN2CCN(C(=O)C3CCC(N)C3)CC2)c1.Cl.Cl. The number of amides is 1. The highest BCUT2D eigenvalue weighted by atomic mass is 35.5. The highest BCUT2D eigenvalue weighted by Crippen LogP contribution is 2.28. The molecule has 2 aliphatic rings. The van der Waals surface area contributed by atoms with E-state index in [9.17, 15) is 4.79 Å². The Kier molecular flexibility index (Phi) is 9.67. The van der Waals surface area contributed by atoms with Gasteiger partial charge in [0, 0.05) is 50.2 Å². The van der Waals surface area contributed by atoms with Gasteiger partial charge in [-0.15, -0.1) is 24.8 Å². The smallest absolute Gasteiger partial charge is 0.225 e. The van der Waals surface area contributed by atoms with Crippen LogP contribution in [-0.4, -0.2) is 62.1 Å². The summed E-state index contributed by atoms with van der Waals surface area (Å²) in [6, 6.07) is 6.08. The lowest BCUT2D eigenvalue weighted by atomic mass is 10.1. The Bertz CT molecular complexity index is 610. The number of carbonyl (C=O) groups excluding carboxylic acids is 1. The molecule has 8 heteroatoms. The molecule has 1 amide bonds. The molecular weight excluding hydrogens is 389 g/mol. The third kappa shape index (κ3) is 5.88. The first-order valence-corrected chi connectivity index (χ1v) is 9.08. The van der Waals surface area contributed by atoms with Crippen molar-refractivity contribution < 1.29 is 14.3 Å². The molecule has 1 aromatic rings. The summed E-state index contributed by atoms with van der Waals surface area (Å²) in [7, 11) is 3.36. The van der Waals surface area contributed by atoms with Crippen molar-refractivity contribution in [1.82, 2.24) is 9.80 Å². The van der Waals surface area contributed by atoms with E-state index in [2.05, 4.69) is 4.90 Å². The van der Waals surface area contributed by atoms with Gasteiger partial charge in [0.1, 0.15) is 11.5 Å². The monoisotopic (exact) mass is 419 g/mol. The van der Waals surface area contributed by atoms with E-state index in [0.29, 0.717) is 5.91 Å². The summed E-state index contributed by atoms with van der Waals surface area (Å²) in [6.45, 7) is 4.14. The molecule has 0 bridgehead atoms. The first-order valence-electron chi connectivity index (χ1n) is 9.08. The predicted octanol–water partition coefficient (Wildman–Crippen LogP) is 2.32. The van der Waals surface area contributed by atoms with E-state index in [0.717, 1.165) is 69.0 Å². The molecule has 1 aromatic carbocycles. The Morgan fingerprint density at radius 1 is 1.11 bits per heavy atom. The number of carbonyl (C=O) groups is 1. The lowest BCUT2D eigenvalue weighted by molar-refractivity contribution is -0.137. The van der Waals surface area contributed by atoms with Gasteiger partial charge in [-0.2, -0.15) is 0 Å². The van der Waals surface area contributed by atoms with Crippen LogP contribution in [0.2, 0.25) is 0 Å². The third-order valence-corrected chi connectivity index (χ3v) is 5.39. The summed E-state index contributed by atoms with van der Waals surface area (Å²) < 4.78 is 10.8. The van der Waals surface area contributed by atoms with Gasteiger partial charge in [0.05, 0.1) is 14.2 Å². The molecule has 1 saturated heterocycles. The molecule has 6 nitrogen and oxygen atoms in total. The Morgan fingerprint density at radius 3 is 2.37 bits per heavy atom. The molecule has 2 atom stereocenters. The molecule has 1 saturated carbocycles. The van der Waals surface area contributed by atoms with Crippen LogP contribution in [0, 0.1) is 5.92 Å². The van der Waals surface area contributed by atoms with E-state index < -0.39 is 0 Å². The number of ether oxygens (including phenoxy) is 2. The minimum Gasteiger partial charge on any atom is -0.497 e. The number of nitrogens with zero attached hydrogens (tertiary/aromatic N) is 2. The van der Waals surface area contributed by atoms with Crippen molar-refractivity contribution in [3.8, 4) is 11.5 Å². The van der Waals surface area contributed by atoms with Gasteiger partial charge in [-0.3, -0.25) is 9.69 Å². The number of hydrogen-bond acceptors (Lipinski definition) is 5. The normalized spacial score (nSPS) is 22.6.